The number of likely N-dealkylation sites (tertiary alicyclic amines) is 1. The van der Waals surface area contributed by atoms with Gasteiger partial charge in [-0.3, -0.25) is 0 Å². The van der Waals surface area contributed by atoms with Crippen molar-refractivity contribution in [1.82, 2.24) is 9.80 Å². The van der Waals surface area contributed by atoms with E-state index in [1.54, 1.807) is 0 Å². The molecule has 0 radical (unpaired) electrons. The summed E-state index contributed by atoms with van der Waals surface area (Å²) >= 11 is 0. The standard InChI is InChI=1S/C17H36N2/c1-7-19(15(4)5)12-16(6)10-17-8-9-18(13-17)11-14(2)3/h14-17H,7-13H2,1-6H3. The van der Waals surface area contributed by atoms with Gasteiger partial charge < -0.3 is 9.80 Å². The molecule has 0 spiro atoms. The molecular weight excluding hydrogens is 232 g/mol. The largest absolute Gasteiger partial charge is 0.303 e. The Bertz CT molecular complexity index is 237. The van der Waals surface area contributed by atoms with Gasteiger partial charge in [0, 0.05) is 25.7 Å². The average Bonchev–Trinajstić information content (AvgIpc) is 2.71. The van der Waals surface area contributed by atoms with E-state index in [-0.39, 0.29) is 0 Å². The summed E-state index contributed by atoms with van der Waals surface area (Å²) < 4.78 is 0. The fraction of sp³-hybridized carbons (Fsp3) is 1.00. The molecule has 1 rings (SSSR count). The number of hydrogen-bond acceptors (Lipinski definition) is 2. The molecule has 1 fully saturated rings. The Hall–Kier alpha value is -0.0800. The predicted molar refractivity (Wildman–Crippen MR) is 85.5 cm³/mol. The van der Waals surface area contributed by atoms with Crippen molar-refractivity contribution in [3.05, 3.63) is 0 Å². The van der Waals surface area contributed by atoms with Crippen molar-refractivity contribution in [3.8, 4) is 0 Å². The first-order valence-corrected chi connectivity index (χ1v) is 8.38. The van der Waals surface area contributed by atoms with E-state index >= 15 is 0 Å². The van der Waals surface area contributed by atoms with Crippen LogP contribution in [0.5, 0.6) is 0 Å². The van der Waals surface area contributed by atoms with Crippen LogP contribution in [0.2, 0.25) is 0 Å². The third kappa shape index (κ3) is 6.27. The Morgan fingerprint density at radius 1 is 1.16 bits per heavy atom. The van der Waals surface area contributed by atoms with Crippen molar-refractivity contribution in [2.45, 2.75) is 60.4 Å². The van der Waals surface area contributed by atoms with Crippen LogP contribution < -0.4 is 0 Å². The van der Waals surface area contributed by atoms with Crippen molar-refractivity contribution >= 4 is 0 Å². The van der Waals surface area contributed by atoms with Crippen LogP contribution in [0.15, 0.2) is 0 Å². The Balaban J connectivity index is 2.28. The normalized spacial score (nSPS) is 22.9. The summed E-state index contributed by atoms with van der Waals surface area (Å²) in [6.07, 6.45) is 2.84. The second-order valence-electron chi connectivity index (χ2n) is 7.33. The van der Waals surface area contributed by atoms with E-state index in [9.17, 15) is 0 Å². The minimum Gasteiger partial charge on any atom is -0.303 e. The fourth-order valence-corrected chi connectivity index (χ4v) is 3.54. The molecule has 0 aromatic rings. The van der Waals surface area contributed by atoms with E-state index in [1.165, 1.54) is 45.6 Å². The lowest BCUT2D eigenvalue weighted by Crippen LogP contribution is -2.35. The monoisotopic (exact) mass is 268 g/mol. The van der Waals surface area contributed by atoms with Crippen molar-refractivity contribution in [2.24, 2.45) is 17.8 Å². The van der Waals surface area contributed by atoms with Gasteiger partial charge in [0.2, 0.25) is 0 Å². The van der Waals surface area contributed by atoms with Crippen LogP contribution in [0, 0.1) is 17.8 Å². The third-order valence-electron chi connectivity index (χ3n) is 4.41. The van der Waals surface area contributed by atoms with Gasteiger partial charge in [-0.05, 0) is 57.5 Å². The Kier molecular flexibility index (Phi) is 7.38. The predicted octanol–water partition coefficient (Wildman–Crippen LogP) is 3.72. The Labute approximate surface area is 121 Å². The molecule has 0 saturated carbocycles. The van der Waals surface area contributed by atoms with Gasteiger partial charge in [0.15, 0.2) is 0 Å². The highest BCUT2D eigenvalue weighted by atomic mass is 15.2. The van der Waals surface area contributed by atoms with Gasteiger partial charge in [-0.25, -0.2) is 0 Å². The SMILES string of the molecule is CCN(CC(C)CC1CCN(CC(C)C)C1)C(C)C. The zero-order valence-electron chi connectivity index (χ0n) is 14.2. The molecule has 1 aliphatic heterocycles. The Morgan fingerprint density at radius 3 is 2.37 bits per heavy atom. The second-order valence-corrected chi connectivity index (χ2v) is 7.33. The van der Waals surface area contributed by atoms with Crippen LogP contribution in [0.1, 0.15) is 54.4 Å². The smallest absolute Gasteiger partial charge is 0.00385 e. The van der Waals surface area contributed by atoms with Gasteiger partial charge in [0.05, 0.1) is 0 Å². The molecule has 2 atom stereocenters. The zero-order chi connectivity index (χ0) is 14.4. The lowest BCUT2D eigenvalue weighted by Gasteiger charge is -2.29. The maximum Gasteiger partial charge on any atom is 0.00385 e. The fourth-order valence-electron chi connectivity index (χ4n) is 3.54. The zero-order valence-corrected chi connectivity index (χ0v) is 14.2. The maximum absolute atomic E-state index is 2.67. The summed E-state index contributed by atoms with van der Waals surface area (Å²) in [6, 6.07) is 0.688. The van der Waals surface area contributed by atoms with Gasteiger partial charge in [0.25, 0.3) is 0 Å². The highest BCUT2D eigenvalue weighted by Crippen LogP contribution is 2.24. The summed E-state index contributed by atoms with van der Waals surface area (Å²) in [5, 5.41) is 0. The molecule has 2 nitrogen and oxygen atoms in total. The summed E-state index contributed by atoms with van der Waals surface area (Å²) in [4.78, 5) is 5.27. The van der Waals surface area contributed by atoms with E-state index in [4.69, 9.17) is 0 Å². The van der Waals surface area contributed by atoms with Crippen LogP contribution in [0.25, 0.3) is 0 Å². The lowest BCUT2D eigenvalue weighted by atomic mass is 9.94. The summed E-state index contributed by atoms with van der Waals surface area (Å²) in [7, 11) is 0. The molecule has 1 saturated heterocycles. The topological polar surface area (TPSA) is 6.48 Å². The van der Waals surface area contributed by atoms with Crippen LogP contribution in [0.3, 0.4) is 0 Å². The first-order chi connectivity index (χ1) is 8.92. The molecule has 0 aromatic heterocycles. The molecule has 0 N–H and O–H groups in total. The first-order valence-electron chi connectivity index (χ1n) is 8.38. The van der Waals surface area contributed by atoms with Crippen molar-refractivity contribution < 1.29 is 0 Å². The van der Waals surface area contributed by atoms with Crippen molar-refractivity contribution in [3.63, 3.8) is 0 Å². The average molecular weight is 268 g/mol. The highest BCUT2D eigenvalue weighted by molar-refractivity contribution is 4.78. The van der Waals surface area contributed by atoms with Crippen LogP contribution >= 0.6 is 0 Å². The molecule has 2 unspecified atom stereocenters. The first kappa shape index (κ1) is 17.0. The molecule has 1 heterocycles. The van der Waals surface area contributed by atoms with E-state index in [0.29, 0.717) is 6.04 Å². The van der Waals surface area contributed by atoms with E-state index in [1.807, 2.05) is 0 Å². The number of nitrogens with zero attached hydrogens (tertiary/aromatic N) is 2. The third-order valence-corrected chi connectivity index (χ3v) is 4.41. The number of rotatable bonds is 8. The van der Waals surface area contributed by atoms with Crippen molar-refractivity contribution in [2.75, 3.05) is 32.7 Å². The van der Waals surface area contributed by atoms with Crippen LogP contribution in [-0.2, 0) is 0 Å². The van der Waals surface area contributed by atoms with E-state index < -0.39 is 0 Å². The summed E-state index contributed by atoms with van der Waals surface area (Å²) in [6.45, 7) is 20.4. The lowest BCUT2D eigenvalue weighted by molar-refractivity contribution is 0.187. The maximum atomic E-state index is 2.67. The van der Waals surface area contributed by atoms with Crippen LogP contribution in [0.4, 0.5) is 0 Å². The van der Waals surface area contributed by atoms with Crippen molar-refractivity contribution in [1.29, 1.82) is 0 Å². The molecule has 19 heavy (non-hydrogen) atoms. The molecule has 0 amide bonds. The summed E-state index contributed by atoms with van der Waals surface area (Å²) in [5.41, 5.74) is 0. The van der Waals surface area contributed by atoms with Gasteiger partial charge in [-0.2, -0.15) is 0 Å². The molecule has 0 bridgehead atoms. The van der Waals surface area contributed by atoms with Crippen LogP contribution in [-0.4, -0.2) is 48.6 Å². The Morgan fingerprint density at radius 2 is 1.84 bits per heavy atom. The van der Waals surface area contributed by atoms with Gasteiger partial charge in [-0.1, -0.05) is 27.7 Å². The molecule has 1 aliphatic rings. The van der Waals surface area contributed by atoms with E-state index in [2.05, 4.69) is 51.3 Å². The molecule has 0 aliphatic carbocycles. The van der Waals surface area contributed by atoms with Gasteiger partial charge in [-0.15, -0.1) is 0 Å². The molecule has 114 valence electrons. The minimum absolute atomic E-state index is 0.688. The molecule has 0 aromatic carbocycles. The molecular formula is C17H36N2. The van der Waals surface area contributed by atoms with Gasteiger partial charge >= 0.3 is 0 Å². The quantitative estimate of drug-likeness (QED) is 0.662. The summed E-state index contributed by atoms with van der Waals surface area (Å²) in [5.74, 6) is 2.60. The van der Waals surface area contributed by atoms with E-state index in [0.717, 1.165) is 17.8 Å². The molecule has 2 heteroatoms. The highest BCUT2D eigenvalue weighted by Gasteiger charge is 2.25. The van der Waals surface area contributed by atoms with Gasteiger partial charge in [0.1, 0.15) is 0 Å². The minimum atomic E-state index is 0.688. The second kappa shape index (κ2) is 8.26. The number of hydrogen-bond donors (Lipinski definition) is 0.